The van der Waals surface area contributed by atoms with Crippen LogP contribution in [0, 0.1) is 0 Å². The second-order valence-corrected chi connectivity index (χ2v) is 7.94. The van der Waals surface area contributed by atoms with Crippen LogP contribution in [0.15, 0.2) is 48.5 Å². The first-order valence-corrected chi connectivity index (χ1v) is 10.9. The van der Waals surface area contributed by atoms with E-state index in [4.69, 9.17) is 21.7 Å². The van der Waals surface area contributed by atoms with E-state index in [1.54, 1.807) is 44.6 Å². The molecule has 0 radical (unpaired) electrons. The zero-order chi connectivity index (χ0) is 23.8. The van der Waals surface area contributed by atoms with Crippen molar-refractivity contribution in [3.8, 4) is 11.5 Å². The Labute approximate surface area is 199 Å². The Kier molecular flexibility index (Phi) is 8.39. The van der Waals surface area contributed by atoms with Crippen LogP contribution in [-0.2, 0) is 4.79 Å². The summed E-state index contributed by atoms with van der Waals surface area (Å²) in [5.41, 5.74) is 1.83. The lowest BCUT2D eigenvalue weighted by atomic mass is 10.1. The normalized spacial score (nSPS) is 14.1. The zero-order valence-electron chi connectivity index (χ0n) is 19.0. The minimum atomic E-state index is -0.398. The van der Waals surface area contributed by atoms with Gasteiger partial charge in [-0.05, 0) is 55.2 Å². The van der Waals surface area contributed by atoms with Crippen LogP contribution in [-0.4, -0.2) is 74.2 Å². The summed E-state index contributed by atoms with van der Waals surface area (Å²) in [4.78, 5) is 29.3. The summed E-state index contributed by atoms with van der Waals surface area (Å²) in [6.45, 7) is 3.02. The second-order valence-electron chi connectivity index (χ2n) is 7.53. The predicted octanol–water partition coefficient (Wildman–Crippen LogP) is 2.62. The van der Waals surface area contributed by atoms with E-state index in [-0.39, 0.29) is 11.0 Å². The third kappa shape index (κ3) is 6.53. The van der Waals surface area contributed by atoms with Gasteiger partial charge in [-0.15, -0.1) is 0 Å². The number of carbonyl (C=O) groups is 2. The van der Waals surface area contributed by atoms with Gasteiger partial charge in [0.25, 0.3) is 5.91 Å². The number of para-hydroxylation sites is 1. The van der Waals surface area contributed by atoms with Crippen LogP contribution in [0.5, 0.6) is 11.5 Å². The molecule has 2 aromatic rings. The molecule has 0 aliphatic carbocycles. The van der Waals surface area contributed by atoms with Crippen molar-refractivity contribution in [3.05, 3.63) is 59.7 Å². The number of amides is 2. The van der Waals surface area contributed by atoms with Crippen LogP contribution in [0.4, 0.5) is 5.69 Å². The van der Waals surface area contributed by atoms with E-state index < -0.39 is 5.91 Å². The van der Waals surface area contributed by atoms with Crippen LogP contribution in [0.1, 0.15) is 15.9 Å². The molecule has 33 heavy (non-hydrogen) atoms. The van der Waals surface area contributed by atoms with E-state index in [2.05, 4.69) is 15.5 Å². The topological polar surface area (TPSA) is 83.1 Å². The fraction of sp³-hybridized carbons (Fsp3) is 0.292. The molecule has 1 saturated heterocycles. The summed E-state index contributed by atoms with van der Waals surface area (Å²) in [5.74, 6) is 0.715. The van der Waals surface area contributed by atoms with Crippen molar-refractivity contribution in [2.24, 2.45) is 0 Å². The molecule has 0 aromatic heterocycles. The van der Waals surface area contributed by atoms with Crippen molar-refractivity contribution in [2.75, 3.05) is 52.8 Å². The minimum absolute atomic E-state index is 0.0614. The summed E-state index contributed by atoms with van der Waals surface area (Å²) in [5, 5.41) is 5.69. The van der Waals surface area contributed by atoms with E-state index >= 15 is 0 Å². The molecule has 0 spiro atoms. The molecule has 0 bridgehead atoms. The molecule has 9 heteroatoms. The lowest BCUT2D eigenvalue weighted by Crippen LogP contribution is -2.47. The summed E-state index contributed by atoms with van der Waals surface area (Å²) in [7, 11) is 5.15. The molecule has 2 amide bonds. The number of likely N-dealkylation sites (N-methyl/N-ethyl adjacent to an activating group) is 1. The Hall–Kier alpha value is -3.43. The van der Waals surface area contributed by atoms with Crippen molar-refractivity contribution in [3.63, 3.8) is 0 Å². The second kappa shape index (κ2) is 11.4. The Morgan fingerprint density at radius 1 is 1.00 bits per heavy atom. The fourth-order valence-electron chi connectivity index (χ4n) is 3.39. The molecule has 3 rings (SSSR count). The molecule has 1 fully saturated rings. The Morgan fingerprint density at radius 2 is 1.70 bits per heavy atom. The number of hydrogen-bond donors (Lipinski definition) is 2. The van der Waals surface area contributed by atoms with Gasteiger partial charge in [0.15, 0.2) is 16.6 Å². The Bertz CT molecular complexity index is 1050. The third-order valence-electron chi connectivity index (χ3n) is 5.27. The minimum Gasteiger partial charge on any atom is -0.493 e. The standard InChI is InChI=1S/C24H28N4O4S/c1-27-12-14-28(15-13-27)23(30)18-6-4-5-7-19(18)25-24(33)26-22(29)11-9-17-8-10-20(31-2)21(16-17)32-3/h4-11,16H,12-15H2,1-3H3,(H2,25,26,29,33). The number of benzene rings is 2. The lowest BCUT2D eigenvalue weighted by Gasteiger charge is -2.32. The van der Waals surface area contributed by atoms with Crippen LogP contribution >= 0.6 is 12.2 Å². The first-order chi connectivity index (χ1) is 15.9. The maximum atomic E-state index is 13.0. The van der Waals surface area contributed by atoms with E-state index in [1.165, 1.54) is 6.08 Å². The van der Waals surface area contributed by atoms with Crippen LogP contribution in [0.2, 0.25) is 0 Å². The molecule has 8 nitrogen and oxygen atoms in total. The highest BCUT2D eigenvalue weighted by Crippen LogP contribution is 2.28. The number of nitrogens with one attached hydrogen (secondary N) is 2. The largest absolute Gasteiger partial charge is 0.493 e. The van der Waals surface area contributed by atoms with Gasteiger partial charge >= 0.3 is 0 Å². The summed E-state index contributed by atoms with van der Waals surface area (Å²) < 4.78 is 10.5. The zero-order valence-corrected chi connectivity index (χ0v) is 19.8. The lowest BCUT2D eigenvalue weighted by molar-refractivity contribution is -0.115. The monoisotopic (exact) mass is 468 g/mol. The summed E-state index contributed by atoms with van der Waals surface area (Å²) >= 11 is 5.29. The quantitative estimate of drug-likeness (QED) is 0.498. The highest BCUT2D eigenvalue weighted by molar-refractivity contribution is 7.80. The van der Waals surface area contributed by atoms with E-state index in [0.717, 1.165) is 18.7 Å². The van der Waals surface area contributed by atoms with Crippen molar-refractivity contribution in [1.82, 2.24) is 15.1 Å². The molecule has 2 N–H and O–H groups in total. The van der Waals surface area contributed by atoms with Gasteiger partial charge < -0.3 is 24.6 Å². The van der Waals surface area contributed by atoms with Gasteiger partial charge in [0.05, 0.1) is 25.5 Å². The van der Waals surface area contributed by atoms with Gasteiger partial charge in [0.1, 0.15) is 0 Å². The smallest absolute Gasteiger partial charge is 0.256 e. The first kappa shape index (κ1) is 24.2. The number of rotatable bonds is 6. The molecular formula is C24H28N4O4S. The molecule has 0 saturated carbocycles. The van der Waals surface area contributed by atoms with E-state index in [0.29, 0.717) is 35.8 Å². The van der Waals surface area contributed by atoms with E-state index in [1.807, 2.05) is 30.1 Å². The number of piperazine rings is 1. The number of methoxy groups -OCH3 is 2. The molecule has 174 valence electrons. The number of anilines is 1. The number of hydrogen-bond acceptors (Lipinski definition) is 6. The predicted molar refractivity (Wildman–Crippen MR) is 133 cm³/mol. The SMILES string of the molecule is COc1ccc(C=CC(=O)NC(=S)Nc2ccccc2C(=O)N2CCN(C)CC2)cc1OC. The van der Waals surface area contributed by atoms with Crippen molar-refractivity contribution < 1.29 is 19.1 Å². The maximum absolute atomic E-state index is 13.0. The van der Waals surface area contributed by atoms with Gasteiger partial charge in [-0.3, -0.25) is 14.9 Å². The van der Waals surface area contributed by atoms with Crippen LogP contribution < -0.4 is 20.1 Å². The summed E-state index contributed by atoms with van der Waals surface area (Å²) in [6, 6.07) is 12.5. The molecule has 0 atom stereocenters. The fourth-order valence-corrected chi connectivity index (χ4v) is 3.60. The molecule has 1 heterocycles. The van der Waals surface area contributed by atoms with Gasteiger partial charge in [-0.25, -0.2) is 0 Å². The van der Waals surface area contributed by atoms with Gasteiger partial charge in [0, 0.05) is 32.3 Å². The Morgan fingerprint density at radius 3 is 2.39 bits per heavy atom. The maximum Gasteiger partial charge on any atom is 0.256 e. The van der Waals surface area contributed by atoms with Gasteiger partial charge in [0.2, 0.25) is 5.91 Å². The average Bonchev–Trinajstić information content (AvgIpc) is 2.82. The van der Waals surface area contributed by atoms with Crippen molar-refractivity contribution >= 4 is 40.9 Å². The third-order valence-corrected chi connectivity index (χ3v) is 5.47. The Balaban J connectivity index is 1.61. The molecule has 2 aromatic carbocycles. The van der Waals surface area contributed by atoms with E-state index in [9.17, 15) is 9.59 Å². The number of carbonyl (C=O) groups excluding carboxylic acids is 2. The molecule has 0 unspecified atom stereocenters. The van der Waals surface area contributed by atoms with Crippen molar-refractivity contribution in [2.45, 2.75) is 0 Å². The highest BCUT2D eigenvalue weighted by Gasteiger charge is 2.22. The number of thiocarbonyl (C=S) groups is 1. The van der Waals surface area contributed by atoms with Gasteiger partial charge in [-0.2, -0.15) is 0 Å². The van der Waals surface area contributed by atoms with Crippen molar-refractivity contribution in [1.29, 1.82) is 0 Å². The first-order valence-electron chi connectivity index (χ1n) is 10.5. The van der Waals surface area contributed by atoms with Crippen LogP contribution in [0.25, 0.3) is 6.08 Å². The summed E-state index contributed by atoms with van der Waals surface area (Å²) in [6.07, 6.45) is 3.02. The molecule has 1 aliphatic heterocycles. The molecule has 1 aliphatic rings. The average molecular weight is 469 g/mol. The van der Waals surface area contributed by atoms with Gasteiger partial charge in [-0.1, -0.05) is 18.2 Å². The molecular weight excluding hydrogens is 440 g/mol. The highest BCUT2D eigenvalue weighted by atomic mass is 32.1. The number of nitrogens with zero attached hydrogens (tertiary/aromatic N) is 2. The van der Waals surface area contributed by atoms with Crippen LogP contribution in [0.3, 0.4) is 0 Å². The number of ether oxygens (including phenoxy) is 2.